The molecule has 2 aromatic carbocycles. The summed E-state index contributed by atoms with van der Waals surface area (Å²) in [6.45, 7) is 0.0471. The molecule has 1 heterocycles. The number of halogens is 2. The molecule has 0 radical (unpaired) electrons. The Labute approximate surface area is 166 Å². The Kier molecular flexibility index (Phi) is 5.13. The SMILES string of the molecule is CN(Cc1ccc(F)cc1F)C(=O)CCc1nc2ccccc2c(=O)n1C1CC1. The fourth-order valence-electron chi connectivity index (χ4n) is 3.48. The van der Waals surface area contributed by atoms with E-state index < -0.39 is 11.6 Å². The highest BCUT2D eigenvalue weighted by Crippen LogP contribution is 2.35. The lowest BCUT2D eigenvalue weighted by Crippen LogP contribution is -2.29. The summed E-state index contributed by atoms with van der Waals surface area (Å²) < 4.78 is 28.6. The van der Waals surface area contributed by atoms with E-state index in [-0.39, 0.29) is 36.0 Å². The summed E-state index contributed by atoms with van der Waals surface area (Å²) in [4.78, 5) is 31.5. The van der Waals surface area contributed by atoms with Crippen LogP contribution in [0.3, 0.4) is 0 Å². The van der Waals surface area contributed by atoms with Crippen molar-refractivity contribution >= 4 is 16.8 Å². The van der Waals surface area contributed by atoms with Crippen molar-refractivity contribution in [2.45, 2.75) is 38.3 Å². The van der Waals surface area contributed by atoms with Gasteiger partial charge in [0.15, 0.2) is 0 Å². The van der Waals surface area contributed by atoms with E-state index in [9.17, 15) is 18.4 Å². The Morgan fingerprint density at radius 1 is 1.21 bits per heavy atom. The van der Waals surface area contributed by atoms with E-state index in [1.54, 1.807) is 23.7 Å². The summed E-state index contributed by atoms with van der Waals surface area (Å²) in [5, 5.41) is 0.582. The van der Waals surface area contributed by atoms with Crippen LogP contribution in [0.5, 0.6) is 0 Å². The Balaban J connectivity index is 1.51. The number of hydrogen-bond acceptors (Lipinski definition) is 3. The second-order valence-corrected chi connectivity index (χ2v) is 7.44. The highest BCUT2D eigenvalue weighted by Gasteiger charge is 2.28. The number of aromatic nitrogens is 2. The van der Waals surface area contributed by atoms with Gasteiger partial charge in [-0.2, -0.15) is 0 Å². The number of fused-ring (bicyclic) bond motifs is 1. The number of carbonyl (C=O) groups excluding carboxylic acids is 1. The van der Waals surface area contributed by atoms with Crippen LogP contribution in [-0.4, -0.2) is 27.4 Å². The maximum atomic E-state index is 13.8. The molecule has 1 saturated carbocycles. The van der Waals surface area contributed by atoms with Crippen molar-refractivity contribution in [2.24, 2.45) is 0 Å². The number of carbonyl (C=O) groups is 1. The van der Waals surface area contributed by atoms with E-state index in [1.165, 1.54) is 17.0 Å². The molecule has 1 aliphatic rings. The Hall–Kier alpha value is -3.09. The monoisotopic (exact) mass is 397 g/mol. The maximum absolute atomic E-state index is 13.8. The predicted octanol–water partition coefficient (Wildman–Crippen LogP) is 3.60. The Morgan fingerprint density at radius 2 is 1.97 bits per heavy atom. The number of benzene rings is 2. The van der Waals surface area contributed by atoms with Crippen molar-refractivity contribution in [1.29, 1.82) is 0 Å². The molecule has 4 rings (SSSR count). The standard InChI is InChI=1S/C22H21F2N3O2/c1-26(13-14-6-7-15(23)12-18(14)24)21(28)11-10-20-25-19-5-3-2-4-17(19)22(29)27(20)16-8-9-16/h2-7,12,16H,8-11,13H2,1H3. The molecule has 3 aromatic rings. The quantitative estimate of drug-likeness (QED) is 0.639. The predicted molar refractivity (Wildman–Crippen MR) is 105 cm³/mol. The molecule has 7 heteroatoms. The van der Waals surface area contributed by atoms with Crippen LogP contribution in [0.15, 0.2) is 47.3 Å². The first-order valence-electron chi connectivity index (χ1n) is 9.62. The maximum Gasteiger partial charge on any atom is 0.261 e. The van der Waals surface area contributed by atoms with Crippen LogP contribution in [0.1, 0.15) is 36.7 Å². The van der Waals surface area contributed by atoms with E-state index in [4.69, 9.17) is 0 Å². The molecule has 1 aliphatic carbocycles. The Bertz CT molecular complexity index is 1140. The number of rotatable bonds is 6. The van der Waals surface area contributed by atoms with Gasteiger partial charge in [-0.15, -0.1) is 0 Å². The summed E-state index contributed by atoms with van der Waals surface area (Å²) in [5.41, 5.74) is 0.807. The van der Waals surface area contributed by atoms with Gasteiger partial charge in [0.25, 0.3) is 5.56 Å². The number of aryl methyl sites for hydroxylation is 1. The lowest BCUT2D eigenvalue weighted by atomic mass is 10.1. The zero-order valence-electron chi connectivity index (χ0n) is 16.1. The molecule has 1 amide bonds. The minimum Gasteiger partial charge on any atom is -0.341 e. The topological polar surface area (TPSA) is 55.2 Å². The number of nitrogens with zero attached hydrogens (tertiary/aromatic N) is 3. The second kappa shape index (κ2) is 7.73. The van der Waals surface area contributed by atoms with Gasteiger partial charge in [-0.05, 0) is 31.0 Å². The van der Waals surface area contributed by atoms with Gasteiger partial charge >= 0.3 is 0 Å². The normalized spacial score (nSPS) is 13.6. The van der Waals surface area contributed by atoms with Crippen molar-refractivity contribution < 1.29 is 13.6 Å². The molecule has 1 aromatic heterocycles. The number of amides is 1. The summed E-state index contributed by atoms with van der Waals surface area (Å²) >= 11 is 0. The molecule has 0 atom stereocenters. The van der Waals surface area contributed by atoms with Gasteiger partial charge < -0.3 is 4.90 Å². The minimum atomic E-state index is -0.677. The zero-order chi connectivity index (χ0) is 20.5. The van der Waals surface area contributed by atoms with Gasteiger partial charge in [0.2, 0.25) is 5.91 Å². The Morgan fingerprint density at radius 3 is 2.69 bits per heavy atom. The van der Waals surface area contributed by atoms with Crippen LogP contribution in [-0.2, 0) is 17.8 Å². The molecular weight excluding hydrogens is 376 g/mol. The number of para-hydroxylation sites is 1. The van der Waals surface area contributed by atoms with Gasteiger partial charge in [-0.25, -0.2) is 13.8 Å². The van der Waals surface area contributed by atoms with E-state index in [1.807, 2.05) is 12.1 Å². The average Bonchev–Trinajstić information content (AvgIpc) is 3.53. The van der Waals surface area contributed by atoms with E-state index in [0.29, 0.717) is 23.1 Å². The number of hydrogen-bond donors (Lipinski definition) is 0. The first-order chi connectivity index (χ1) is 13.9. The van der Waals surface area contributed by atoms with Gasteiger partial charge in [0.05, 0.1) is 10.9 Å². The van der Waals surface area contributed by atoms with Crippen LogP contribution in [0.4, 0.5) is 8.78 Å². The fourth-order valence-corrected chi connectivity index (χ4v) is 3.48. The molecule has 0 N–H and O–H groups in total. The summed E-state index contributed by atoms with van der Waals surface area (Å²) in [5.74, 6) is -0.923. The smallest absolute Gasteiger partial charge is 0.261 e. The van der Waals surface area contributed by atoms with Crippen LogP contribution in [0.2, 0.25) is 0 Å². The first kappa shape index (κ1) is 19.2. The third-order valence-corrected chi connectivity index (χ3v) is 5.20. The van der Waals surface area contributed by atoms with Crippen molar-refractivity contribution in [3.05, 3.63) is 75.8 Å². The molecule has 0 unspecified atom stereocenters. The molecule has 29 heavy (non-hydrogen) atoms. The summed E-state index contributed by atoms with van der Waals surface area (Å²) in [7, 11) is 1.58. The third-order valence-electron chi connectivity index (χ3n) is 5.20. The van der Waals surface area contributed by atoms with E-state index >= 15 is 0 Å². The highest BCUT2D eigenvalue weighted by atomic mass is 19.1. The molecule has 0 spiro atoms. The third kappa shape index (κ3) is 4.04. The second-order valence-electron chi connectivity index (χ2n) is 7.44. The molecule has 5 nitrogen and oxygen atoms in total. The fraction of sp³-hybridized carbons (Fsp3) is 0.318. The van der Waals surface area contributed by atoms with Crippen molar-refractivity contribution in [2.75, 3.05) is 7.05 Å². The molecule has 0 aliphatic heterocycles. The van der Waals surface area contributed by atoms with Crippen LogP contribution >= 0.6 is 0 Å². The van der Waals surface area contributed by atoms with Crippen LogP contribution in [0.25, 0.3) is 10.9 Å². The largest absolute Gasteiger partial charge is 0.341 e. The molecule has 0 saturated heterocycles. The minimum absolute atomic E-state index is 0.0471. The van der Waals surface area contributed by atoms with Gasteiger partial charge in [-0.1, -0.05) is 18.2 Å². The van der Waals surface area contributed by atoms with Crippen molar-refractivity contribution in [3.63, 3.8) is 0 Å². The van der Waals surface area contributed by atoms with Crippen LogP contribution in [0, 0.1) is 11.6 Å². The molecule has 1 fully saturated rings. The first-order valence-corrected chi connectivity index (χ1v) is 9.62. The summed E-state index contributed by atoms with van der Waals surface area (Å²) in [6.07, 6.45) is 2.34. The van der Waals surface area contributed by atoms with Crippen LogP contribution < -0.4 is 5.56 Å². The lowest BCUT2D eigenvalue weighted by molar-refractivity contribution is -0.130. The van der Waals surface area contributed by atoms with E-state index in [0.717, 1.165) is 18.9 Å². The van der Waals surface area contributed by atoms with Gasteiger partial charge in [0.1, 0.15) is 17.5 Å². The lowest BCUT2D eigenvalue weighted by Gasteiger charge is -2.18. The molecule has 0 bridgehead atoms. The summed E-state index contributed by atoms with van der Waals surface area (Å²) in [6, 6.07) is 10.7. The van der Waals surface area contributed by atoms with Crippen molar-refractivity contribution in [1.82, 2.24) is 14.5 Å². The van der Waals surface area contributed by atoms with Gasteiger partial charge in [-0.3, -0.25) is 14.2 Å². The molecular formula is C22H21F2N3O2. The molecule has 150 valence electrons. The van der Waals surface area contributed by atoms with E-state index in [2.05, 4.69) is 4.98 Å². The zero-order valence-corrected chi connectivity index (χ0v) is 16.1. The average molecular weight is 397 g/mol. The highest BCUT2D eigenvalue weighted by molar-refractivity contribution is 5.78. The van der Waals surface area contributed by atoms with Gasteiger partial charge in [0, 0.05) is 44.1 Å². The van der Waals surface area contributed by atoms with Crippen molar-refractivity contribution in [3.8, 4) is 0 Å².